The summed E-state index contributed by atoms with van der Waals surface area (Å²) in [7, 11) is 0. The monoisotopic (exact) mass is 295 g/mol. The normalized spacial score (nSPS) is 25.4. The largest absolute Gasteiger partial charge is 0.481 e. The third-order valence-corrected chi connectivity index (χ3v) is 3.92. The summed E-state index contributed by atoms with van der Waals surface area (Å²) in [6, 6.07) is 9.17. The Morgan fingerprint density at radius 3 is 2.67 bits per heavy atom. The first-order valence-corrected chi connectivity index (χ1v) is 6.76. The van der Waals surface area contributed by atoms with Gasteiger partial charge in [0.2, 0.25) is 0 Å². The predicted octanol–water partition coefficient (Wildman–Crippen LogP) is 2.46. The van der Waals surface area contributed by atoms with E-state index in [4.69, 9.17) is 9.84 Å². The lowest BCUT2D eigenvalue weighted by Crippen LogP contribution is -2.53. The quantitative estimate of drug-likeness (QED) is 0.930. The lowest BCUT2D eigenvalue weighted by atomic mass is 9.79. The summed E-state index contributed by atoms with van der Waals surface area (Å²) in [5, 5.41) is 9.07. The molecule has 114 valence electrons. The maximum Gasteiger partial charge on any atom is 0.410 e. The van der Waals surface area contributed by atoms with Crippen LogP contribution in [0.4, 0.5) is 9.18 Å². The number of halogens is 1. The first-order valence-electron chi connectivity index (χ1n) is 6.76. The lowest BCUT2D eigenvalue weighted by molar-refractivity contribution is -0.155. The first kappa shape index (κ1) is 15.3. The molecule has 1 aromatic rings. The average Bonchev–Trinajstić information content (AvgIpc) is 2.48. The number of benzene rings is 1. The summed E-state index contributed by atoms with van der Waals surface area (Å²) in [6.07, 6.45) is -2.15. The Morgan fingerprint density at radius 2 is 2.10 bits per heavy atom. The molecule has 2 unspecified atom stereocenters. The number of amides is 1. The van der Waals surface area contributed by atoms with E-state index in [9.17, 15) is 14.0 Å². The Bertz CT molecular complexity index is 522. The lowest BCUT2D eigenvalue weighted by Gasteiger charge is -2.38. The maximum absolute atomic E-state index is 14.0. The van der Waals surface area contributed by atoms with Gasteiger partial charge in [-0.2, -0.15) is 0 Å². The third kappa shape index (κ3) is 3.32. The van der Waals surface area contributed by atoms with Crippen LogP contribution in [0.5, 0.6) is 0 Å². The SMILES string of the molecule is CC1(C(=O)O)CCN(C(=O)OCc2ccccc2)CC1F. The van der Waals surface area contributed by atoms with E-state index in [-0.39, 0.29) is 26.1 Å². The number of ether oxygens (including phenoxy) is 1. The number of nitrogens with zero attached hydrogens (tertiary/aromatic N) is 1. The molecule has 1 aliphatic rings. The number of piperidine rings is 1. The zero-order chi connectivity index (χ0) is 15.5. The zero-order valence-electron chi connectivity index (χ0n) is 11.8. The zero-order valence-corrected chi connectivity index (χ0v) is 11.8. The molecule has 0 radical (unpaired) electrons. The number of alkyl halides is 1. The molecule has 1 fully saturated rings. The fourth-order valence-corrected chi connectivity index (χ4v) is 2.23. The first-order chi connectivity index (χ1) is 9.93. The average molecular weight is 295 g/mol. The van der Waals surface area contributed by atoms with Crippen LogP contribution in [-0.4, -0.2) is 41.3 Å². The van der Waals surface area contributed by atoms with E-state index in [1.165, 1.54) is 11.8 Å². The molecule has 0 aliphatic carbocycles. The number of rotatable bonds is 3. The predicted molar refractivity (Wildman–Crippen MR) is 73.5 cm³/mol. The van der Waals surface area contributed by atoms with E-state index in [0.717, 1.165) is 5.56 Å². The van der Waals surface area contributed by atoms with Gasteiger partial charge in [-0.25, -0.2) is 9.18 Å². The summed E-state index contributed by atoms with van der Waals surface area (Å²) in [5.74, 6) is -1.17. The molecule has 0 bridgehead atoms. The molecular formula is C15H18FNO4. The van der Waals surface area contributed by atoms with Gasteiger partial charge in [0.25, 0.3) is 0 Å². The minimum absolute atomic E-state index is 0.0734. The molecule has 1 aromatic carbocycles. The van der Waals surface area contributed by atoms with Crippen molar-refractivity contribution in [3.8, 4) is 0 Å². The maximum atomic E-state index is 14.0. The molecule has 21 heavy (non-hydrogen) atoms. The van der Waals surface area contributed by atoms with E-state index < -0.39 is 23.6 Å². The van der Waals surface area contributed by atoms with Gasteiger partial charge in [-0.05, 0) is 18.9 Å². The van der Waals surface area contributed by atoms with E-state index >= 15 is 0 Å². The second-order valence-corrected chi connectivity index (χ2v) is 5.43. The van der Waals surface area contributed by atoms with E-state index in [1.807, 2.05) is 30.3 Å². The summed E-state index contributed by atoms with van der Waals surface area (Å²) in [5.41, 5.74) is -0.592. The van der Waals surface area contributed by atoms with Crippen LogP contribution in [0.15, 0.2) is 30.3 Å². The molecule has 1 N–H and O–H groups in total. The number of carboxylic acids is 1. The summed E-state index contributed by atoms with van der Waals surface area (Å²) >= 11 is 0. The highest BCUT2D eigenvalue weighted by molar-refractivity contribution is 5.76. The minimum atomic E-state index is -1.60. The Kier molecular flexibility index (Phi) is 4.45. The summed E-state index contributed by atoms with van der Waals surface area (Å²) < 4.78 is 19.1. The molecule has 2 rings (SSSR count). The van der Waals surface area contributed by atoms with Gasteiger partial charge in [-0.1, -0.05) is 30.3 Å². The second kappa shape index (κ2) is 6.11. The van der Waals surface area contributed by atoms with Crippen molar-refractivity contribution in [2.24, 2.45) is 5.41 Å². The Hall–Kier alpha value is -2.11. The van der Waals surface area contributed by atoms with E-state index in [2.05, 4.69) is 0 Å². The Morgan fingerprint density at radius 1 is 1.43 bits per heavy atom. The van der Waals surface area contributed by atoms with Crippen LogP contribution in [0.25, 0.3) is 0 Å². The van der Waals surface area contributed by atoms with Crippen molar-refractivity contribution in [1.29, 1.82) is 0 Å². The molecule has 6 heteroatoms. The van der Waals surface area contributed by atoms with E-state index in [1.54, 1.807) is 0 Å². The molecule has 0 saturated carbocycles. The van der Waals surface area contributed by atoms with Gasteiger partial charge in [-0.15, -0.1) is 0 Å². The molecule has 1 heterocycles. The Labute approximate surface area is 122 Å². The number of carboxylic acid groups (broad SMARTS) is 1. The van der Waals surface area contributed by atoms with Gasteiger partial charge in [0.05, 0.1) is 12.0 Å². The molecular weight excluding hydrogens is 277 g/mol. The standard InChI is InChI=1S/C15H18FNO4/c1-15(13(18)19)7-8-17(9-12(15)16)14(20)21-10-11-5-3-2-4-6-11/h2-6,12H,7-10H2,1H3,(H,18,19). The van der Waals surface area contributed by atoms with Gasteiger partial charge >= 0.3 is 12.1 Å². The van der Waals surface area contributed by atoms with Crippen LogP contribution in [0, 0.1) is 5.41 Å². The van der Waals surface area contributed by atoms with Crippen LogP contribution in [0.3, 0.4) is 0 Å². The number of hydrogen-bond donors (Lipinski definition) is 1. The molecule has 1 saturated heterocycles. The minimum Gasteiger partial charge on any atom is -0.481 e. The van der Waals surface area contributed by atoms with Crippen molar-refractivity contribution in [2.75, 3.05) is 13.1 Å². The van der Waals surface area contributed by atoms with Gasteiger partial charge in [-0.3, -0.25) is 4.79 Å². The van der Waals surface area contributed by atoms with Crippen LogP contribution >= 0.6 is 0 Å². The van der Waals surface area contributed by atoms with Gasteiger partial charge in [0, 0.05) is 6.54 Å². The van der Waals surface area contributed by atoms with Gasteiger partial charge < -0.3 is 14.7 Å². The fourth-order valence-electron chi connectivity index (χ4n) is 2.23. The smallest absolute Gasteiger partial charge is 0.410 e. The van der Waals surface area contributed by atoms with Crippen molar-refractivity contribution in [3.05, 3.63) is 35.9 Å². The fraction of sp³-hybridized carbons (Fsp3) is 0.467. The van der Waals surface area contributed by atoms with Crippen LogP contribution in [0.1, 0.15) is 18.9 Å². The topological polar surface area (TPSA) is 66.8 Å². The molecule has 1 amide bonds. The highest BCUT2D eigenvalue weighted by Gasteiger charge is 2.47. The number of aliphatic carboxylic acids is 1. The molecule has 1 aliphatic heterocycles. The number of hydrogen-bond acceptors (Lipinski definition) is 3. The summed E-state index contributed by atoms with van der Waals surface area (Å²) in [4.78, 5) is 24.2. The molecule has 2 atom stereocenters. The second-order valence-electron chi connectivity index (χ2n) is 5.43. The van der Waals surface area contributed by atoms with Crippen molar-refractivity contribution < 1.29 is 23.8 Å². The van der Waals surface area contributed by atoms with Gasteiger partial charge in [0.1, 0.15) is 12.8 Å². The number of likely N-dealkylation sites (tertiary alicyclic amines) is 1. The van der Waals surface area contributed by atoms with Gasteiger partial charge in [0.15, 0.2) is 0 Å². The Balaban J connectivity index is 1.89. The number of carbonyl (C=O) groups excluding carboxylic acids is 1. The van der Waals surface area contributed by atoms with Crippen molar-refractivity contribution >= 4 is 12.1 Å². The van der Waals surface area contributed by atoms with Crippen LogP contribution in [0.2, 0.25) is 0 Å². The molecule has 0 aromatic heterocycles. The van der Waals surface area contributed by atoms with Crippen LogP contribution in [-0.2, 0) is 16.1 Å². The molecule has 0 spiro atoms. The van der Waals surface area contributed by atoms with Crippen molar-refractivity contribution in [3.63, 3.8) is 0 Å². The highest BCUT2D eigenvalue weighted by Crippen LogP contribution is 2.34. The number of carbonyl (C=O) groups is 2. The van der Waals surface area contributed by atoms with Crippen molar-refractivity contribution in [1.82, 2.24) is 4.90 Å². The van der Waals surface area contributed by atoms with Crippen LogP contribution < -0.4 is 0 Å². The third-order valence-electron chi connectivity index (χ3n) is 3.92. The van der Waals surface area contributed by atoms with E-state index in [0.29, 0.717) is 0 Å². The van der Waals surface area contributed by atoms with Crippen molar-refractivity contribution in [2.45, 2.75) is 26.1 Å². The molecule has 5 nitrogen and oxygen atoms in total. The highest BCUT2D eigenvalue weighted by atomic mass is 19.1. The summed E-state index contributed by atoms with van der Waals surface area (Å²) in [6.45, 7) is 1.41.